The smallest absolute Gasteiger partial charge is 0.122 e. The number of rotatable bonds is 6. The van der Waals surface area contributed by atoms with Crippen LogP contribution in [0.15, 0.2) is 18.2 Å². The molecule has 3 unspecified atom stereocenters. The predicted octanol–water partition coefficient (Wildman–Crippen LogP) is 2.63. The molecule has 3 heteroatoms. The molecule has 3 atom stereocenters. The minimum Gasteiger partial charge on any atom is -0.496 e. The molecule has 2 N–H and O–H groups in total. The summed E-state index contributed by atoms with van der Waals surface area (Å²) in [6.45, 7) is 5.96. The van der Waals surface area contributed by atoms with Crippen LogP contribution in [0, 0.1) is 6.92 Å². The second-order valence-electron chi connectivity index (χ2n) is 4.87. The predicted molar refractivity (Wildman–Crippen MR) is 73.1 cm³/mol. The Hall–Kier alpha value is -1.06. The van der Waals surface area contributed by atoms with Crippen LogP contribution >= 0.6 is 0 Å². The first-order chi connectivity index (χ1) is 8.51. The van der Waals surface area contributed by atoms with E-state index < -0.39 is 12.2 Å². The molecule has 3 nitrogen and oxygen atoms in total. The largest absolute Gasteiger partial charge is 0.496 e. The molecule has 1 aromatic rings. The zero-order chi connectivity index (χ0) is 13.7. The monoisotopic (exact) mass is 252 g/mol. The lowest BCUT2D eigenvalue weighted by Gasteiger charge is -2.23. The number of aliphatic hydroxyl groups is 2. The van der Waals surface area contributed by atoms with E-state index in [9.17, 15) is 10.2 Å². The third kappa shape index (κ3) is 3.47. The molecule has 0 radical (unpaired) electrons. The fourth-order valence-electron chi connectivity index (χ4n) is 2.37. The SMILES string of the molecule is CCC(O)C(O)CC(C)c1c(C)cccc1OC. The number of methoxy groups -OCH3 is 1. The molecule has 0 aliphatic rings. The van der Waals surface area contributed by atoms with Crippen molar-refractivity contribution < 1.29 is 14.9 Å². The van der Waals surface area contributed by atoms with Crippen LogP contribution in [-0.2, 0) is 0 Å². The summed E-state index contributed by atoms with van der Waals surface area (Å²) < 4.78 is 5.37. The quantitative estimate of drug-likeness (QED) is 0.818. The van der Waals surface area contributed by atoms with Gasteiger partial charge in [-0.15, -0.1) is 0 Å². The van der Waals surface area contributed by atoms with Gasteiger partial charge in [-0.1, -0.05) is 26.0 Å². The van der Waals surface area contributed by atoms with Gasteiger partial charge in [0.1, 0.15) is 5.75 Å². The number of hydrogen-bond donors (Lipinski definition) is 2. The maximum atomic E-state index is 9.91. The van der Waals surface area contributed by atoms with E-state index in [1.807, 2.05) is 32.0 Å². The second kappa shape index (κ2) is 6.76. The van der Waals surface area contributed by atoms with Gasteiger partial charge in [-0.05, 0) is 42.9 Å². The van der Waals surface area contributed by atoms with Gasteiger partial charge in [0.05, 0.1) is 19.3 Å². The highest BCUT2D eigenvalue weighted by Gasteiger charge is 2.21. The highest BCUT2D eigenvalue weighted by molar-refractivity contribution is 5.42. The third-order valence-corrected chi connectivity index (χ3v) is 3.45. The van der Waals surface area contributed by atoms with Gasteiger partial charge in [-0.2, -0.15) is 0 Å². The van der Waals surface area contributed by atoms with Crippen molar-refractivity contribution in [2.75, 3.05) is 7.11 Å². The summed E-state index contributed by atoms with van der Waals surface area (Å²) in [5.74, 6) is 0.998. The van der Waals surface area contributed by atoms with Crippen LogP contribution in [0.2, 0.25) is 0 Å². The minimum absolute atomic E-state index is 0.150. The molecule has 0 spiro atoms. The van der Waals surface area contributed by atoms with Crippen LogP contribution < -0.4 is 4.74 Å². The van der Waals surface area contributed by atoms with Crippen molar-refractivity contribution in [1.82, 2.24) is 0 Å². The van der Waals surface area contributed by atoms with Crippen molar-refractivity contribution in [1.29, 1.82) is 0 Å². The van der Waals surface area contributed by atoms with Crippen molar-refractivity contribution in [2.24, 2.45) is 0 Å². The van der Waals surface area contributed by atoms with E-state index in [1.54, 1.807) is 7.11 Å². The van der Waals surface area contributed by atoms with E-state index in [2.05, 4.69) is 6.92 Å². The van der Waals surface area contributed by atoms with Gasteiger partial charge < -0.3 is 14.9 Å². The van der Waals surface area contributed by atoms with Crippen LogP contribution in [0.3, 0.4) is 0 Å². The van der Waals surface area contributed by atoms with E-state index in [-0.39, 0.29) is 5.92 Å². The zero-order valence-electron chi connectivity index (χ0n) is 11.7. The van der Waals surface area contributed by atoms with Crippen LogP contribution in [0.5, 0.6) is 5.75 Å². The molecule has 0 aliphatic heterocycles. The third-order valence-electron chi connectivity index (χ3n) is 3.45. The van der Waals surface area contributed by atoms with Gasteiger partial charge in [0.25, 0.3) is 0 Å². The van der Waals surface area contributed by atoms with Crippen LogP contribution in [-0.4, -0.2) is 29.5 Å². The second-order valence-corrected chi connectivity index (χ2v) is 4.87. The zero-order valence-corrected chi connectivity index (χ0v) is 11.7. The van der Waals surface area contributed by atoms with Gasteiger partial charge in [0.15, 0.2) is 0 Å². The number of ether oxygens (including phenoxy) is 1. The van der Waals surface area contributed by atoms with E-state index in [0.717, 1.165) is 16.9 Å². The molecular weight excluding hydrogens is 228 g/mol. The number of benzene rings is 1. The van der Waals surface area contributed by atoms with Crippen LogP contribution in [0.1, 0.15) is 43.7 Å². The highest BCUT2D eigenvalue weighted by Crippen LogP contribution is 2.32. The lowest BCUT2D eigenvalue weighted by Crippen LogP contribution is -2.26. The molecule has 0 saturated heterocycles. The highest BCUT2D eigenvalue weighted by atomic mass is 16.5. The standard InChI is InChI=1S/C15H24O3/c1-5-12(16)13(17)9-11(3)15-10(2)7-6-8-14(15)18-4/h6-8,11-13,16-17H,5,9H2,1-4H3. The Bertz CT molecular complexity index is 376. The fraction of sp³-hybridized carbons (Fsp3) is 0.600. The van der Waals surface area contributed by atoms with Crippen molar-refractivity contribution in [3.63, 3.8) is 0 Å². The molecule has 0 fully saturated rings. The molecule has 0 saturated carbocycles. The topological polar surface area (TPSA) is 49.7 Å². The van der Waals surface area contributed by atoms with E-state index in [0.29, 0.717) is 12.8 Å². The van der Waals surface area contributed by atoms with Gasteiger partial charge in [0.2, 0.25) is 0 Å². The van der Waals surface area contributed by atoms with Gasteiger partial charge in [-0.25, -0.2) is 0 Å². The Labute approximate surface area is 109 Å². The maximum absolute atomic E-state index is 9.91. The summed E-state index contributed by atoms with van der Waals surface area (Å²) in [5, 5.41) is 19.5. The first-order valence-electron chi connectivity index (χ1n) is 6.50. The maximum Gasteiger partial charge on any atom is 0.122 e. The number of aliphatic hydroxyl groups excluding tert-OH is 2. The molecule has 0 heterocycles. The van der Waals surface area contributed by atoms with E-state index in [4.69, 9.17) is 4.74 Å². The molecule has 0 amide bonds. The summed E-state index contributed by atoms with van der Waals surface area (Å²) in [7, 11) is 1.66. The molecule has 0 aliphatic carbocycles. The molecule has 18 heavy (non-hydrogen) atoms. The Morgan fingerprint density at radius 3 is 2.44 bits per heavy atom. The number of aryl methyl sites for hydroxylation is 1. The first-order valence-corrected chi connectivity index (χ1v) is 6.50. The van der Waals surface area contributed by atoms with E-state index in [1.165, 1.54) is 0 Å². The van der Waals surface area contributed by atoms with Crippen molar-refractivity contribution in [3.8, 4) is 5.75 Å². The van der Waals surface area contributed by atoms with Gasteiger partial charge >= 0.3 is 0 Å². The lowest BCUT2D eigenvalue weighted by molar-refractivity contribution is 0.00941. The molecule has 1 rings (SSSR count). The summed E-state index contributed by atoms with van der Waals surface area (Å²) in [4.78, 5) is 0. The average Bonchev–Trinajstić information content (AvgIpc) is 2.36. The van der Waals surface area contributed by atoms with Crippen molar-refractivity contribution in [3.05, 3.63) is 29.3 Å². The summed E-state index contributed by atoms with van der Waals surface area (Å²) in [5.41, 5.74) is 2.27. The first kappa shape index (κ1) is 15.0. The Morgan fingerprint density at radius 2 is 1.89 bits per heavy atom. The Kier molecular flexibility index (Phi) is 5.63. The van der Waals surface area contributed by atoms with Gasteiger partial charge in [-0.3, -0.25) is 0 Å². The van der Waals surface area contributed by atoms with E-state index >= 15 is 0 Å². The van der Waals surface area contributed by atoms with Crippen molar-refractivity contribution in [2.45, 2.75) is 51.7 Å². The summed E-state index contributed by atoms with van der Waals surface area (Å²) in [6.07, 6.45) is -0.230. The average molecular weight is 252 g/mol. The Morgan fingerprint density at radius 1 is 1.22 bits per heavy atom. The normalized spacial score (nSPS) is 16.1. The van der Waals surface area contributed by atoms with Gasteiger partial charge in [0, 0.05) is 0 Å². The van der Waals surface area contributed by atoms with Crippen molar-refractivity contribution >= 4 is 0 Å². The number of hydrogen-bond acceptors (Lipinski definition) is 3. The van der Waals surface area contributed by atoms with Crippen LogP contribution in [0.4, 0.5) is 0 Å². The lowest BCUT2D eigenvalue weighted by atomic mass is 9.89. The molecule has 102 valence electrons. The Balaban J connectivity index is 2.87. The molecule has 0 aromatic heterocycles. The molecule has 0 bridgehead atoms. The summed E-state index contributed by atoms with van der Waals surface area (Å²) >= 11 is 0. The fourth-order valence-corrected chi connectivity index (χ4v) is 2.37. The minimum atomic E-state index is -0.686. The molecule has 1 aromatic carbocycles. The molecular formula is C15H24O3. The summed E-state index contributed by atoms with van der Waals surface area (Å²) in [6, 6.07) is 5.93. The van der Waals surface area contributed by atoms with Crippen LogP contribution in [0.25, 0.3) is 0 Å².